The van der Waals surface area contributed by atoms with E-state index in [-0.39, 0.29) is 0 Å². The first-order chi connectivity index (χ1) is 6.42. The second kappa shape index (κ2) is 3.53. The number of nitrogens with zero attached hydrogens (tertiary/aromatic N) is 4. The minimum Gasteiger partial charge on any atom is -0.262 e. The molecule has 0 aliphatic rings. The summed E-state index contributed by atoms with van der Waals surface area (Å²) in [5.41, 5.74) is 1.73. The van der Waals surface area contributed by atoms with Crippen molar-refractivity contribution in [1.82, 2.24) is 20.0 Å². The lowest BCUT2D eigenvalue weighted by atomic mass is 10.4. The molecule has 13 heavy (non-hydrogen) atoms. The van der Waals surface area contributed by atoms with Crippen molar-refractivity contribution in [1.29, 1.82) is 0 Å². The number of hydrogen-bond acceptors (Lipinski definition) is 3. The molecule has 66 valence electrons. The van der Waals surface area contributed by atoms with Gasteiger partial charge in [0.25, 0.3) is 0 Å². The van der Waals surface area contributed by atoms with Gasteiger partial charge in [0.2, 0.25) is 0 Å². The van der Waals surface area contributed by atoms with Crippen molar-refractivity contribution in [3.63, 3.8) is 0 Å². The second-order valence-corrected chi connectivity index (χ2v) is 2.75. The van der Waals surface area contributed by atoms with Gasteiger partial charge in [-0.3, -0.25) is 4.98 Å². The van der Waals surface area contributed by atoms with E-state index in [1.165, 1.54) is 0 Å². The van der Waals surface area contributed by atoms with Gasteiger partial charge in [0.15, 0.2) is 0 Å². The molecule has 2 aromatic heterocycles. The fourth-order valence-corrected chi connectivity index (χ4v) is 1.23. The highest BCUT2D eigenvalue weighted by Crippen LogP contribution is 2.08. The summed E-state index contributed by atoms with van der Waals surface area (Å²) in [7, 11) is 0. The van der Waals surface area contributed by atoms with Crippen LogP contribution in [0.15, 0.2) is 30.7 Å². The van der Waals surface area contributed by atoms with Gasteiger partial charge in [0.1, 0.15) is 0 Å². The van der Waals surface area contributed by atoms with Gasteiger partial charge in [0.05, 0.1) is 29.7 Å². The van der Waals surface area contributed by atoms with Gasteiger partial charge in [-0.1, -0.05) is 5.21 Å². The van der Waals surface area contributed by atoms with Crippen molar-refractivity contribution in [3.8, 4) is 5.69 Å². The molecular formula is C8H7ClN4. The Balaban J connectivity index is 2.47. The second-order valence-electron chi connectivity index (χ2n) is 2.48. The van der Waals surface area contributed by atoms with Gasteiger partial charge in [-0.25, -0.2) is 4.68 Å². The molecule has 0 aliphatic carbocycles. The molecule has 0 saturated heterocycles. The molecule has 2 heterocycles. The summed E-state index contributed by atoms with van der Waals surface area (Å²) >= 11 is 5.70. The lowest BCUT2D eigenvalue weighted by Crippen LogP contribution is -2.00. The monoisotopic (exact) mass is 194 g/mol. The summed E-state index contributed by atoms with van der Waals surface area (Å²) in [5.74, 6) is 0.391. The zero-order valence-corrected chi connectivity index (χ0v) is 7.52. The van der Waals surface area contributed by atoms with Gasteiger partial charge in [-0.15, -0.1) is 16.7 Å². The van der Waals surface area contributed by atoms with E-state index in [0.717, 1.165) is 11.4 Å². The van der Waals surface area contributed by atoms with Gasteiger partial charge in [0, 0.05) is 6.20 Å². The maximum atomic E-state index is 5.70. The van der Waals surface area contributed by atoms with Crippen LogP contribution < -0.4 is 0 Å². The molecule has 0 amide bonds. The summed E-state index contributed by atoms with van der Waals surface area (Å²) in [6, 6.07) is 3.74. The Labute approximate surface area is 80.2 Å². The van der Waals surface area contributed by atoms with E-state index >= 15 is 0 Å². The molecule has 5 heteroatoms. The van der Waals surface area contributed by atoms with Crippen LogP contribution in [0.3, 0.4) is 0 Å². The number of hydrogen-bond donors (Lipinski definition) is 0. The maximum absolute atomic E-state index is 5.70. The third kappa shape index (κ3) is 1.53. The maximum Gasteiger partial charge on any atom is 0.0850 e. The Kier molecular flexibility index (Phi) is 2.23. The van der Waals surface area contributed by atoms with Crippen LogP contribution in [-0.2, 0) is 5.88 Å². The molecule has 0 radical (unpaired) electrons. The normalized spacial score (nSPS) is 10.2. The summed E-state index contributed by atoms with van der Waals surface area (Å²) < 4.78 is 1.67. The molecular weight excluding hydrogens is 188 g/mol. The predicted molar refractivity (Wildman–Crippen MR) is 48.7 cm³/mol. The molecule has 0 aliphatic heterocycles. The average Bonchev–Trinajstić information content (AvgIpc) is 2.67. The Morgan fingerprint density at radius 3 is 3.00 bits per heavy atom. The number of pyridine rings is 1. The van der Waals surface area contributed by atoms with Crippen LogP contribution >= 0.6 is 11.6 Å². The number of alkyl halides is 1. The average molecular weight is 195 g/mol. The van der Waals surface area contributed by atoms with Crippen LogP contribution in [0.4, 0.5) is 0 Å². The molecule has 0 saturated carbocycles. The molecule has 0 bridgehead atoms. The van der Waals surface area contributed by atoms with Gasteiger partial charge < -0.3 is 0 Å². The quantitative estimate of drug-likeness (QED) is 0.679. The van der Waals surface area contributed by atoms with Crippen LogP contribution in [0.5, 0.6) is 0 Å². The minimum absolute atomic E-state index is 0.391. The summed E-state index contributed by atoms with van der Waals surface area (Å²) in [6.45, 7) is 0. The number of rotatable bonds is 2. The Morgan fingerprint density at radius 2 is 2.31 bits per heavy atom. The van der Waals surface area contributed by atoms with E-state index in [1.807, 2.05) is 12.1 Å². The highest BCUT2D eigenvalue weighted by molar-refractivity contribution is 6.16. The molecule has 0 unspecified atom stereocenters. The van der Waals surface area contributed by atoms with E-state index in [2.05, 4.69) is 15.3 Å². The Morgan fingerprint density at radius 1 is 1.38 bits per heavy atom. The highest BCUT2D eigenvalue weighted by Gasteiger charge is 2.03. The van der Waals surface area contributed by atoms with Crippen molar-refractivity contribution >= 4 is 11.6 Å². The van der Waals surface area contributed by atoms with Crippen molar-refractivity contribution in [3.05, 3.63) is 36.4 Å². The molecule has 0 atom stereocenters. The summed E-state index contributed by atoms with van der Waals surface area (Å²) in [6.07, 6.45) is 5.06. The summed E-state index contributed by atoms with van der Waals surface area (Å²) in [5, 5.41) is 7.67. The molecule has 0 aromatic carbocycles. The Hall–Kier alpha value is -1.42. The van der Waals surface area contributed by atoms with Gasteiger partial charge in [-0.05, 0) is 12.1 Å². The largest absolute Gasteiger partial charge is 0.262 e. The molecule has 0 fully saturated rings. The van der Waals surface area contributed by atoms with Gasteiger partial charge in [-0.2, -0.15) is 0 Å². The molecule has 2 rings (SSSR count). The first-order valence-electron chi connectivity index (χ1n) is 3.78. The van der Waals surface area contributed by atoms with Crippen molar-refractivity contribution in [2.45, 2.75) is 5.88 Å². The molecule has 4 nitrogen and oxygen atoms in total. The van der Waals surface area contributed by atoms with Crippen LogP contribution in [0.25, 0.3) is 5.69 Å². The van der Waals surface area contributed by atoms with E-state index in [4.69, 9.17) is 11.6 Å². The number of halogens is 1. The van der Waals surface area contributed by atoms with Crippen LogP contribution in [0.1, 0.15) is 5.69 Å². The SMILES string of the molecule is ClCc1cnnn1-c1cccnc1. The molecule has 0 N–H and O–H groups in total. The lowest BCUT2D eigenvalue weighted by molar-refractivity contribution is 0.778. The van der Waals surface area contributed by atoms with Crippen LogP contribution in [0.2, 0.25) is 0 Å². The van der Waals surface area contributed by atoms with Crippen molar-refractivity contribution in [2.24, 2.45) is 0 Å². The third-order valence-corrected chi connectivity index (χ3v) is 1.92. The van der Waals surface area contributed by atoms with Crippen LogP contribution in [-0.4, -0.2) is 20.0 Å². The standard InChI is InChI=1S/C8H7ClN4/c9-4-8-6-11-12-13(8)7-2-1-3-10-5-7/h1-3,5-6H,4H2. The molecule has 0 spiro atoms. The molecule has 2 aromatic rings. The van der Waals surface area contributed by atoms with E-state index < -0.39 is 0 Å². The summed E-state index contributed by atoms with van der Waals surface area (Å²) in [4.78, 5) is 3.98. The predicted octanol–water partition coefficient (Wildman–Crippen LogP) is 1.40. The fraction of sp³-hybridized carbons (Fsp3) is 0.125. The minimum atomic E-state index is 0.391. The smallest absolute Gasteiger partial charge is 0.0850 e. The topological polar surface area (TPSA) is 43.6 Å². The zero-order chi connectivity index (χ0) is 9.10. The first kappa shape index (κ1) is 8.19. The zero-order valence-electron chi connectivity index (χ0n) is 6.76. The van der Waals surface area contributed by atoms with E-state index in [1.54, 1.807) is 23.3 Å². The highest BCUT2D eigenvalue weighted by atomic mass is 35.5. The lowest BCUT2D eigenvalue weighted by Gasteiger charge is -2.01. The van der Waals surface area contributed by atoms with Gasteiger partial charge >= 0.3 is 0 Å². The first-order valence-corrected chi connectivity index (χ1v) is 4.31. The van der Waals surface area contributed by atoms with Crippen molar-refractivity contribution in [2.75, 3.05) is 0 Å². The number of aromatic nitrogens is 4. The van der Waals surface area contributed by atoms with Crippen LogP contribution in [0, 0.1) is 0 Å². The van der Waals surface area contributed by atoms with E-state index in [9.17, 15) is 0 Å². The van der Waals surface area contributed by atoms with Crippen molar-refractivity contribution < 1.29 is 0 Å². The third-order valence-electron chi connectivity index (χ3n) is 1.65. The Bertz CT molecular complexity index is 384. The fourth-order valence-electron chi connectivity index (χ4n) is 1.04. The van der Waals surface area contributed by atoms with E-state index in [0.29, 0.717) is 5.88 Å².